The average molecular weight is 337 g/mol. The molecule has 21 heavy (non-hydrogen) atoms. The van der Waals surface area contributed by atoms with E-state index in [4.69, 9.17) is 29.5 Å². The predicted octanol–water partition coefficient (Wildman–Crippen LogP) is 3.27. The van der Waals surface area contributed by atoms with Gasteiger partial charge in [-0.2, -0.15) is 17.9 Å². The third kappa shape index (κ3) is 4.88. The Morgan fingerprint density at radius 3 is 2.43 bits per heavy atom. The van der Waals surface area contributed by atoms with Crippen LogP contribution in [0.4, 0.5) is 0 Å². The Morgan fingerprint density at radius 2 is 1.95 bits per heavy atom. The van der Waals surface area contributed by atoms with Crippen LogP contribution in [0.3, 0.4) is 0 Å². The molecule has 0 bridgehead atoms. The van der Waals surface area contributed by atoms with Crippen LogP contribution in [-0.4, -0.2) is 26.6 Å². The number of thiocarbonyl (C=S) groups is 2. The maximum atomic E-state index is 10.8. The molecule has 0 aromatic heterocycles. The number of benzene rings is 1. The first-order valence-corrected chi connectivity index (χ1v) is 7.75. The molecule has 6 heteroatoms. The van der Waals surface area contributed by atoms with E-state index in [1.807, 2.05) is 30.3 Å². The number of carboxylic acid groups (broad SMARTS) is 1. The Morgan fingerprint density at radius 1 is 1.33 bits per heavy atom. The van der Waals surface area contributed by atoms with E-state index in [2.05, 4.69) is 18.7 Å². The van der Waals surface area contributed by atoms with E-state index in [-0.39, 0.29) is 18.6 Å². The first-order chi connectivity index (χ1) is 9.95. The fourth-order valence-corrected chi connectivity index (χ4v) is 3.00. The number of carbonyl (C=O) groups is 1. The molecule has 0 amide bonds. The van der Waals surface area contributed by atoms with E-state index >= 15 is 0 Å². The highest BCUT2D eigenvalue weighted by Crippen LogP contribution is 2.29. The minimum atomic E-state index is -1.09. The van der Waals surface area contributed by atoms with Crippen LogP contribution in [0.25, 0.3) is 0 Å². The second kappa shape index (κ2) is 8.23. The summed E-state index contributed by atoms with van der Waals surface area (Å²) in [5.41, 5.74) is -0.0861. The summed E-state index contributed by atoms with van der Waals surface area (Å²) in [7, 11) is 0. The summed E-state index contributed by atoms with van der Waals surface area (Å²) in [5, 5.41) is 18.2. The molecule has 1 unspecified atom stereocenters. The molecule has 3 nitrogen and oxygen atoms in total. The van der Waals surface area contributed by atoms with E-state index in [0.29, 0.717) is 16.1 Å². The zero-order valence-corrected chi connectivity index (χ0v) is 13.8. The Bertz CT molecular complexity index is 580. The van der Waals surface area contributed by atoms with Gasteiger partial charge in [0.1, 0.15) is 5.41 Å². The van der Waals surface area contributed by atoms with E-state index < -0.39 is 11.4 Å². The molecule has 0 radical (unpaired) electrons. The van der Waals surface area contributed by atoms with Crippen molar-refractivity contribution in [2.45, 2.75) is 19.3 Å². The van der Waals surface area contributed by atoms with Crippen molar-refractivity contribution in [2.24, 2.45) is 5.41 Å². The number of carboxylic acids is 1. The highest BCUT2D eigenvalue weighted by Gasteiger charge is 2.36. The number of hydrogen-bond donors (Lipinski definition) is 2. The van der Waals surface area contributed by atoms with Crippen LogP contribution in [0.1, 0.15) is 18.4 Å². The fraction of sp³-hybridized carbons (Fsp3) is 0.333. The van der Waals surface area contributed by atoms with Crippen molar-refractivity contribution in [3.05, 3.63) is 35.9 Å². The van der Waals surface area contributed by atoms with Crippen molar-refractivity contribution >= 4 is 52.8 Å². The number of rotatable bonds is 8. The van der Waals surface area contributed by atoms with Gasteiger partial charge in [-0.15, -0.1) is 0 Å². The molecule has 0 saturated carbocycles. The van der Waals surface area contributed by atoms with Crippen LogP contribution in [0.5, 0.6) is 0 Å². The summed E-state index contributed by atoms with van der Waals surface area (Å²) in [6.45, 7) is 0. The SMILES string of the molecule is N#CC(CS)(CCC(=O)O)C(=S)C(=S)Cc1ccccc1. The molecule has 0 aliphatic rings. The van der Waals surface area contributed by atoms with E-state index in [1.165, 1.54) is 0 Å². The number of nitriles is 1. The molecule has 0 fully saturated rings. The van der Waals surface area contributed by atoms with Crippen molar-refractivity contribution in [1.82, 2.24) is 0 Å². The number of aliphatic carboxylic acids is 1. The quantitative estimate of drug-likeness (QED) is 0.563. The Balaban J connectivity index is 2.88. The van der Waals surface area contributed by atoms with Gasteiger partial charge in [0.15, 0.2) is 0 Å². The zero-order chi connectivity index (χ0) is 15.9. The number of hydrogen-bond acceptors (Lipinski definition) is 5. The molecule has 1 aromatic rings. The van der Waals surface area contributed by atoms with Crippen LogP contribution in [0.2, 0.25) is 0 Å². The molecular weight excluding hydrogens is 322 g/mol. The molecule has 110 valence electrons. The van der Waals surface area contributed by atoms with E-state index in [1.54, 1.807) is 0 Å². The summed E-state index contributed by atoms with van der Waals surface area (Å²) >= 11 is 14.9. The lowest BCUT2D eigenvalue weighted by Crippen LogP contribution is -2.36. The maximum absolute atomic E-state index is 10.8. The Labute approximate surface area is 140 Å². The number of nitrogens with zero attached hydrogens (tertiary/aromatic N) is 1. The highest BCUT2D eigenvalue weighted by atomic mass is 32.1. The monoisotopic (exact) mass is 337 g/mol. The van der Waals surface area contributed by atoms with Gasteiger partial charge in [0.05, 0.1) is 10.9 Å². The van der Waals surface area contributed by atoms with Gasteiger partial charge in [0.2, 0.25) is 0 Å². The van der Waals surface area contributed by atoms with Gasteiger partial charge >= 0.3 is 5.97 Å². The topological polar surface area (TPSA) is 61.1 Å². The minimum Gasteiger partial charge on any atom is -0.481 e. The summed E-state index contributed by atoms with van der Waals surface area (Å²) in [5.74, 6) is -0.807. The van der Waals surface area contributed by atoms with E-state index in [0.717, 1.165) is 5.56 Å². The summed E-state index contributed by atoms with van der Waals surface area (Å²) < 4.78 is 0. The van der Waals surface area contributed by atoms with Gasteiger partial charge in [0.25, 0.3) is 0 Å². The minimum absolute atomic E-state index is 0.121. The average Bonchev–Trinajstić information content (AvgIpc) is 2.49. The van der Waals surface area contributed by atoms with Crippen molar-refractivity contribution in [2.75, 3.05) is 5.75 Å². The van der Waals surface area contributed by atoms with Gasteiger partial charge in [-0.05, 0) is 12.0 Å². The van der Waals surface area contributed by atoms with Crippen molar-refractivity contribution in [3.63, 3.8) is 0 Å². The second-order valence-corrected chi connectivity index (χ2v) is 5.88. The third-order valence-electron chi connectivity index (χ3n) is 3.14. The third-order valence-corrected chi connectivity index (χ3v) is 4.80. The lowest BCUT2D eigenvalue weighted by atomic mass is 9.81. The first kappa shape index (κ1) is 17.8. The molecule has 0 spiro atoms. The van der Waals surface area contributed by atoms with Gasteiger partial charge in [-0.3, -0.25) is 4.79 Å². The normalized spacial score (nSPS) is 13.0. The Kier molecular flexibility index (Phi) is 6.96. The van der Waals surface area contributed by atoms with E-state index in [9.17, 15) is 10.1 Å². The molecule has 0 saturated heterocycles. The van der Waals surface area contributed by atoms with Gasteiger partial charge in [0, 0.05) is 23.5 Å². The lowest BCUT2D eigenvalue weighted by molar-refractivity contribution is -0.137. The van der Waals surface area contributed by atoms with Crippen LogP contribution in [0, 0.1) is 16.7 Å². The van der Waals surface area contributed by atoms with Crippen molar-refractivity contribution < 1.29 is 9.90 Å². The molecule has 1 aromatic carbocycles. The highest BCUT2D eigenvalue weighted by molar-refractivity contribution is 7.89. The molecule has 1 N–H and O–H groups in total. The summed E-state index contributed by atoms with van der Waals surface area (Å²) in [6, 6.07) is 11.7. The van der Waals surface area contributed by atoms with Gasteiger partial charge in [-0.1, -0.05) is 54.8 Å². The standard InChI is InChI=1S/C15H15NO2S3/c16-9-15(10-19,7-6-13(17)18)14(21)12(20)8-11-4-2-1-3-5-11/h1-5,19H,6-8,10H2,(H,17,18). The molecule has 0 heterocycles. The lowest BCUT2D eigenvalue weighted by Gasteiger charge is -2.25. The predicted molar refractivity (Wildman–Crippen MR) is 94.1 cm³/mol. The van der Waals surface area contributed by atoms with Gasteiger partial charge in [-0.25, -0.2) is 0 Å². The van der Waals surface area contributed by atoms with Crippen LogP contribution >= 0.6 is 37.1 Å². The summed E-state index contributed by atoms with van der Waals surface area (Å²) in [6.07, 6.45) is 0.456. The van der Waals surface area contributed by atoms with Crippen LogP contribution in [0.15, 0.2) is 30.3 Å². The maximum Gasteiger partial charge on any atom is 0.303 e. The van der Waals surface area contributed by atoms with Crippen molar-refractivity contribution in [1.29, 1.82) is 5.26 Å². The zero-order valence-electron chi connectivity index (χ0n) is 11.3. The van der Waals surface area contributed by atoms with Crippen LogP contribution < -0.4 is 0 Å². The van der Waals surface area contributed by atoms with Gasteiger partial charge < -0.3 is 5.11 Å². The molecule has 0 aliphatic carbocycles. The molecule has 1 rings (SSSR count). The number of thiol groups is 1. The molecular formula is C15H15NO2S3. The fourth-order valence-electron chi connectivity index (χ4n) is 1.86. The summed E-state index contributed by atoms with van der Waals surface area (Å²) in [4.78, 5) is 11.6. The molecule has 1 atom stereocenters. The Hall–Kier alpha value is -1.29. The smallest absolute Gasteiger partial charge is 0.303 e. The van der Waals surface area contributed by atoms with Crippen molar-refractivity contribution in [3.8, 4) is 6.07 Å². The largest absolute Gasteiger partial charge is 0.481 e. The molecule has 0 aliphatic heterocycles. The second-order valence-electron chi connectivity index (χ2n) is 4.66. The first-order valence-electron chi connectivity index (χ1n) is 6.30. The van der Waals surface area contributed by atoms with Crippen LogP contribution in [-0.2, 0) is 11.2 Å².